The zero-order valence-electron chi connectivity index (χ0n) is 13.8. The highest BCUT2D eigenvalue weighted by Crippen LogP contribution is 2.25. The van der Waals surface area contributed by atoms with E-state index in [0.717, 1.165) is 11.4 Å². The number of aryl methyl sites for hydroxylation is 1. The van der Waals surface area contributed by atoms with Gasteiger partial charge < -0.3 is 14.8 Å². The van der Waals surface area contributed by atoms with E-state index >= 15 is 0 Å². The maximum Gasteiger partial charge on any atom is 0.191 e. The number of rotatable bonds is 6. The lowest BCUT2D eigenvalue weighted by atomic mass is 10.1. The van der Waals surface area contributed by atoms with Crippen LogP contribution in [0.15, 0.2) is 54.2 Å². The first-order valence-corrected chi connectivity index (χ1v) is 7.32. The summed E-state index contributed by atoms with van der Waals surface area (Å²) < 4.78 is 10.4. The lowest BCUT2D eigenvalue weighted by Crippen LogP contribution is -2.04. The van der Waals surface area contributed by atoms with Gasteiger partial charge in [0, 0.05) is 17.5 Å². The maximum absolute atomic E-state index is 12.5. The van der Waals surface area contributed by atoms with Crippen LogP contribution in [0.5, 0.6) is 11.5 Å². The van der Waals surface area contributed by atoms with Crippen molar-refractivity contribution in [1.29, 1.82) is 0 Å². The second-order valence-electron chi connectivity index (χ2n) is 5.25. The van der Waals surface area contributed by atoms with Gasteiger partial charge in [0.1, 0.15) is 11.5 Å². The Morgan fingerprint density at radius 3 is 2.35 bits per heavy atom. The van der Waals surface area contributed by atoms with E-state index in [-0.39, 0.29) is 5.78 Å². The summed E-state index contributed by atoms with van der Waals surface area (Å²) in [6, 6.07) is 13.1. The molecule has 0 fully saturated rings. The van der Waals surface area contributed by atoms with Gasteiger partial charge >= 0.3 is 0 Å². The number of allylic oxidation sites excluding steroid dienone is 2. The molecule has 0 radical (unpaired) electrons. The SMILES string of the molecule is COc1ccc(OC)c(C(=O)/C=C(/C)Nc2ccc(C)cc2)c1. The normalized spacial score (nSPS) is 11.0. The molecule has 2 aromatic rings. The minimum atomic E-state index is -0.141. The number of methoxy groups -OCH3 is 2. The first-order chi connectivity index (χ1) is 11.0. The van der Waals surface area contributed by atoms with E-state index in [2.05, 4.69) is 5.32 Å². The van der Waals surface area contributed by atoms with E-state index in [9.17, 15) is 4.79 Å². The van der Waals surface area contributed by atoms with E-state index in [1.54, 1.807) is 38.5 Å². The molecular formula is C19H21NO3. The lowest BCUT2D eigenvalue weighted by Gasteiger charge is -2.10. The Morgan fingerprint density at radius 2 is 1.74 bits per heavy atom. The predicted octanol–water partition coefficient (Wildman–Crippen LogP) is 4.21. The van der Waals surface area contributed by atoms with Crippen molar-refractivity contribution in [3.8, 4) is 11.5 Å². The minimum absolute atomic E-state index is 0.141. The Balaban J connectivity index is 2.20. The van der Waals surface area contributed by atoms with E-state index in [4.69, 9.17) is 9.47 Å². The number of carbonyl (C=O) groups excluding carboxylic acids is 1. The maximum atomic E-state index is 12.5. The molecule has 2 rings (SSSR count). The minimum Gasteiger partial charge on any atom is -0.497 e. The fraction of sp³-hybridized carbons (Fsp3) is 0.211. The van der Waals surface area contributed by atoms with Crippen molar-refractivity contribution in [3.63, 3.8) is 0 Å². The van der Waals surface area contributed by atoms with Crippen LogP contribution in [0.4, 0.5) is 5.69 Å². The van der Waals surface area contributed by atoms with Gasteiger partial charge in [0.25, 0.3) is 0 Å². The molecule has 0 amide bonds. The summed E-state index contributed by atoms with van der Waals surface area (Å²) in [5.74, 6) is 1.000. The zero-order valence-corrected chi connectivity index (χ0v) is 13.8. The van der Waals surface area contributed by atoms with Crippen LogP contribution < -0.4 is 14.8 Å². The van der Waals surface area contributed by atoms with Gasteiger partial charge in [-0.1, -0.05) is 17.7 Å². The van der Waals surface area contributed by atoms with Gasteiger partial charge in [0.2, 0.25) is 0 Å². The van der Waals surface area contributed by atoms with Gasteiger partial charge in [0.05, 0.1) is 19.8 Å². The largest absolute Gasteiger partial charge is 0.497 e. The van der Waals surface area contributed by atoms with Crippen LogP contribution >= 0.6 is 0 Å². The first kappa shape index (κ1) is 16.6. The van der Waals surface area contributed by atoms with Crippen molar-refractivity contribution < 1.29 is 14.3 Å². The molecule has 0 saturated heterocycles. The number of nitrogens with one attached hydrogen (secondary N) is 1. The van der Waals surface area contributed by atoms with E-state index in [1.807, 2.05) is 38.1 Å². The fourth-order valence-electron chi connectivity index (χ4n) is 2.18. The average Bonchev–Trinajstić information content (AvgIpc) is 2.56. The smallest absolute Gasteiger partial charge is 0.191 e. The summed E-state index contributed by atoms with van der Waals surface area (Å²) in [6.45, 7) is 3.88. The molecule has 2 aromatic carbocycles. The quantitative estimate of drug-likeness (QED) is 0.641. The van der Waals surface area contributed by atoms with E-state index in [1.165, 1.54) is 5.56 Å². The number of hydrogen-bond acceptors (Lipinski definition) is 4. The molecule has 0 spiro atoms. The van der Waals surface area contributed by atoms with Crippen molar-refractivity contribution in [2.45, 2.75) is 13.8 Å². The molecule has 0 atom stereocenters. The lowest BCUT2D eigenvalue weighted by molar-refractivity contribution is 0.104. The number of anilines is 1. The molecule has 0 aliphatic rings. The van der Waals surface area contributed by atoms with E-state index < -0.39 is 0 Å². The molecule has 0 aliphatic heterocycles. The Morgan fingerprint density at radius 1 is 1.04 bits per heavy atom. The summed E-state index contributed by atoms with van der Waals surface area (Å²) in [5.41, 5.74) is 3.35. The van der Waals surface area contributed by atoms with Gasteiger partial charge in [-0.2, -0.15) is 0 Å². The van der Waals surface area contributed by atoms with Crippen LogP contribution in [0.3, 0.4) is 0 Å². The topological polar surface area (TPSA) is 47.6 Å². The third-order valence-corrected chi connectivity index (χ3v) is 3.41. The Hall–Kier alpha value is -2.75. The zero-order chi connectivity index (χ0) is 16.8. The first-order valence-electron chi connectivity index (χ1n) is 7.32. The summed E-state index contributed by atoms with van der Waals surface area (Å²) >= 11 is 0. The van der Waals surface area contributed by atoms with E-state index in [0.29, 0.717) is 17.1 Å². The summed E-state index contributed by atoms with van der Waals surface area (Å²) in [6.07, 6.45) is 1.55. The van der Waals surface area contributed by atoms with Crippen molar-refractivity contribution in [2.24, 2.45) is 0 Å². The van der Waals surface area contributed by atoms with Crippen LogP contribution in [-0.4, -0.2) is 20.0 Å². The second-order valence-corrected chi connectivity index (χ2v) is 5.25. The molecular weight excluding hydrogens is 290 g/mol. The second kappa shape index (κ2) is 7.49. The van der Waals surface area contributed by atoms with Crippen molar-refractivity contribution in [3.05, 3.63) is 65.4 Å². The molecule has 23 heavy (non-hydrogen) atoms. The molecule has 0 heterocycles. The molecule has 120 valence electrons. The highest BCUT2D eigenvalue weighted by Gasteiger charge is 2.12. The van der Waals surface area contributed by atoms with Crippen molar-refractivity contribution >= 4 is 11.5 Å². The molecule has 0 aromatic heterocycles. The number of benzene rings is 2. The number of carbonyl (C=O) groups is 1. The van der Waals surface area contributed by atoms with Crippen LogP contribution in [0.2, 0.25) is 0 Å². The third-order valence-electron chi connectivity index (χ3n) is 3.41. The average molecular weight is 311 g/mol. The molecule has 4 nitrogen and oxygen atoms in total. The van der Waals surface area contributed by atoms with Gasteiger partial charge in [-0.25, -0.2) is 0 Å². The fourth-order valence-corrected chi connectivity index (χ4v) is 2.18. The molecule has 4 heteroatoms. The number of ether oxygens (including phenoxy) is 2. The molecule has 1 N–H and O–H groups in total. The standard InChI is InChI=1S/C19H21NO3/c1-13-5-7-15(8-6-13)20-14(2)11-18(21)17-12-16(22-3)9-10-19(17)23-4/h5-12,20H,1-4H3/b14-11-. The third kappa shape index (κ3) is 4.36. The molecule has 0 bridgehead atoms. The Kier molecular flexibility index (Phi) is 5.41. The predicted molar refractivity (Wildman–Crippen MR) is 92.4 cm³/mol. The number of ketones is 1. The Labute approximate surface area is 136 Å². The van der Waals surface area contributed by atoms with Crippen LogP contribution in [0.1, 0.15) is 22.8 Å². The molecule has 0 aliphatic carbocycles. The Bertz CT molecular complexity index is 718. The van der Waals surface area contributed by atoms with Gasteiger partial charge in [-0.3, -0.25) is 4.79 Å². The monoisotopic (exact) mass is 311 g/mol. The molecule has 0 saturated carbocycles. The highest BCUT2D eigenvalue weighted by atomic mass is 16.5. The molecule has 0 unspecified atom stereocenters. The van der Waals surface area contributed by atoms with Gasteiger partial charge in [-0.05, 0) is 44.2 Å². The van der Waals surface area contributed by atoms with Crippen LogP contribution in [-0.2, 0) is 0 Å². The summed E-state index contributed by atoms with van der Waals surface area (Å²) in [4.78, 5) is 12.5. The van der Waals surface area contributed by atoms with Crippen molar-refractivity contribution in [2.75, 3.05) is 19.5 Å². The van der Waals surface area contributed by atoms with Crippen LogP contribution in [0.25, 0.3) is 0 Å². The summed E-state index contributed by atoms with van der Waals surface area (Å²) in [5, 5.41) is 3.20. The van der Waals surface area contributed by atoms with Gasteiger partial charge in [0.15, 0.2) is 5.78 Å². The van der Waals surface area contributed by atoms with Crippen molar-refractivity contribution in [1.82, 2.24) is 0 Å². The highest BCUT2D eigenvalue weighted by molar-refractivity contribution is 6.07. The van der Waals surface area contributed by atoms with Gasteiger partial charge in [-0.15, -0.1) is 0 Å². The summed E-state index contributed by atoms with van der Waals surface area (Å²) in [7, 11) is 3.11. The number of hydrogen-bond donors (Lipinski definition) is 1. The van der Waals surface area contributed by atoms with Crippen LogP contribution in [0, 0.1) is 6.92 Å².